The Morgan fingerprint density at radius 1 is 1.21 bits per heavy atom. The van der Waals surface area contributed by atoms with Gasteiger partial charge in [-0.15, -0.1) is 0 Å². The van der Waals surface area contributed by atoms with E-state index in [0.717, 1.165) is 5.56 Å². The highest BCUT2D eigenvalue weighted by atomic mass is 16.5. The third-order valence-electron chi connectivity index (χ3n) is 3.03. The van der Waals surface area contributed by atoms with E-state index in [0.29, 0.717) is 6.54 Å². The van der Waals surface area contributed by atoms with Gasteiger partial charge in [0.1, 0.15) is 5.92 Å². The summed E-state index contributed by atoms with van der Waals surface area (Å²) in [6, 6.07) is 9.68. The molecule has 0 spiro atoms. The Kier molecular flexibility index (Phi) is 5.55. The van der Waals surface area contributed by atoms with Crippen LogP contribution in [0.3, 0.4) is 0 Å². The van der Waals surface area contributed by atoms with Gasteiger partial charge < -0.3 is 9.64 Å². The van der Waals surface area contributed by atoms with Crippen LogP contribution in [-0.4, -0.2) is 30.9 Å². The molecule has 0 saturated carbocycles. The second-order valence-electron chi connectivity index (χ2n) is 4.92. The van der Waals surface area contributed by atoms with Crippen LogP contribution in [0.2, 0.25) is 0 Å². The van der Waals surface area contributed by atoms with Crippen molar-refractivity contribution in [3.05, 3.63) is 35.9 Å². The lowest BCUT2D eigenvalue weighted by molar-refractivity contribution is -0.155. The van der Waals surface area contributed by atoms with Crippen LogP contribution >= 0.6 is 0 Å². The van der Waals surface area contributed by atoms with E-state index >= 15 is 0 Å². The second-order valence-corrected chi connectivity index (χ2v) is 4.92. The normalized spacial score (nSPS) is 12.1. The lowest BCUT2D eigenvalue weighted by Crippen LogP contribution is -2.39. The molecule has 0 aliphatic rings. The number of methoxy groups -OCH3 is 1. The molecule has 0 aliphatic heterocycles. The third kappa shape index (κ3) is 4.09. The predicted molar refractivity (Wildman–Crippen MR) is 73.3 cm³/mol. The molecule has 0 aliphatic carbocycles. The highest BCUT2D eigenvalue weighted by molar-refractivity contribution is 5.97. The number of hydrogen-bond donors (Lipinski definition) is 0. The van der Waals surface area contributed by atoms with Gasteiger partial charge >= 0.3 is 5.97 Å². The highest BCUT2D eigenvalue weighted by Gasteiger charge is 2.32. The molecule has 1 rings (SSSR count). The maximum absolute atomic E-state index is 12.3. The van der Waals surface area contributed by atoms with Crippen molar-refractivity contribution in [1.29, 1.82) is 0 Å². The first-order valence-electron chi connectivity index (χ1n) is 6.34. The molecule has 4 heteroatoms. The Morgan fingerprint density at radius 2 is 1.79 bits per heavy atom. The molecule has 1 amide bonds. The van der Waals surface area contributed by atoms with Crippen LogP contribution < -0.4 is 0 Å². The number of rotatable bonds is 5. The summed E-state index contributed by atoms with van der Waals surface area (Å²) in [4.78, 5) is 25.6. The SMILES string of the molecule is COC(=O)C(C(=O)N(C)Cc1ccccc1)C(C)C. The summed E-state index contributed by atoms with van der Waals surface area (Å²) in [5.74, 6) is -1.50. The van der Waals surface area contributed by atoms with Gasteiger partial charge in [0.25, 0.3) is 0 Å². The Morgan fingerprint density at radius 3 is 2.26 bits per heavy atom. The van der Waals surface area contributed by atoms with Gasteiger partial charge in [-0.3, -0.25) is 9.59 Å². The topological polar surface area (TPSA) is 46.6 Å². The molecule has 0 N–H and O–H groups in total. The van der Waals surface area contributed by atoms with E-state index in [1.54, 1.807) is 11.9 Å². The number of esters is 1. The molecule has 1 aromatic rings. The van der Waals surface area contributed by atoms with Crippen molar-refractivity contribution in [1.82, 2.24) is 4.90 Å². The van der Waals surface area contributed by atoms with E-state index in [9.17, 15) is 9.59 Å². The minimum Gasteiger partial charge on any atom is -0.468 e. The summed E-state index contributed by atoms with van der Waals surface area (Å²) in [7, 11) is 3.01. The molecular weight excluding hydrogens is 242 g/mol. The van der Waals surface area contributed by atoms with Gasteiger partial charge in [-0.2, -0.15) is 0 Å². The van der Waals surface area contributed by atoms with Gasteiger partial charge in [0, 0.05) is 13.6 Å². The van der Waals surface area contributed by atoms with Crippen LogP contribution in [0.4, 0.5) is 0 Å². The van der Waals surface area contributed by atoms with Crippen molar-refractivity contribution in [3.63, 3.8) is 0 Å². The lowest BCUT2D eigenvalue weighted by Gasteiger charge is -2.24. The molecule has 1 unspecified atom stereocenters. The smallest absolute Gasteiger partial charge is 0.318 e. The first kappa shape index (κ1) is 15.2. The molecule has 0 aromatic heterocycles. The van der Waals surface area contributed by atoms with Crippen LogP contribution in [0.1, 0.15) is 19.4 Å². The molecule has 0 radical (unpaired) electrons. The molecule has 0 saturated heterocycles. The standard InChI is InChI=1S/C15H21NO3/c1-11(2)13(15(18)19-4)14(17)16(3)10-12-8-6-5-7-9-12/h5-9,11,13H,10H2,1-4H3. The summed E-state index contributed by atoms with van der Waals surface area (Å²) in [5.41, 5.74) is 1.03. The van der Waals surface area contributed by atoms with E-state index in [1.165, 1.54) is 7.11 Å². The molecule has 19 heavy (non-hydrogen) atoms. The molecule has 0 fully saturated rings. The Labute approximate surface area is 114 Å². The maximum Gasteiger partial charge on any atom is 0.318 e. The average molecular weight is 263 g/mol. The van der Waals surface area contributed by atoms with Gasteiger partial charge in [0.2, 0.25) is 5.91 Å². The zero-order valence-corrected chi connectivity index (χ0v) is 11.9. The van der Waals surface area contributed by atoms with E-state index in [4.69, 9.17) is 4.74 Å². The molecule has 0 heterocycles. The van der Waals surface area contributed by atoms with Gasteiger partial charge in [0.05, 0.1) is 7.11 Å². The van der Waals surface area contributed by atoms with Crippen LogP contribution in [0.25, 0.3) is 0 Å². The highest BCUT2D eigenvalue weighted by Crippen LogP contribution is 2.17. The van der Waals surface area contributed by atoms with Crippen molar-refractivity contribution in [2.75, 3.05) is 14.2 Å². The van der Waals surface area contributed by atoms with E-state index < -0.39 is 11.9 Å². The molecule has 4 nitrogen and oxygen atoms in total. The fourth-order valence-electron chi connectivity index (χ4n) is 1.96. The van der Waals surface area contributed by atoms with Crippen LogP contribution in [0.15, 0.2) is 30.3 Å². The summed E-state index contributed by atoms with van der Waals surface area (Å²) in [6.07, 6.45) is 0. The van der Waals surface area contributed by atoms with Crippen molar-refractivity contribution < 1.29 is 14.3 Å². The fourth-order valence-corrected chi connectivity index (χ4v) is 1.96. The summed E-state index contributed by atoms with van der Waals surface area (Å²) < 4.78 is 4.71. The zero-order chi connectivity index (χ0) is 14.4. The van der Waals surface area contributed by atoms with Gasteiger partial charge in [-0.1, -0.05) is 44.2 Å². The second kappa shape index (κ2) is 6.92. The number of benzene rings is 1. The first-order chi connectivity index (χ1) is 8.97. The van der Waals surface area contributed by atoms with Crippen molar-refractivity contribution in [2.24, 2.45) is 11.8 Å². The zero-order valence-electron chi connectivity index (χ0n) is 11.9. The van der Waals surface area contributed by atoms with Crippen molar-refractivity contribution >= 4 is 11.9 Å². The van der Waals surface area contributed by atoms with E-state index in [-0.39, 0.29) is 11.8 Å². The minimum atomic E-state index is -0.737. The number of amides is 1. The average Bonchev–Trinajstić information content (AvgIpc) is 2.39. The maximum atomic E-state index is 12.3. The van der Waals surface area contributed by atoms with Crippen molar-refractivity contribution in [2.45, 2.75) is 20.4 Å². The minimum absolute atomic E-state index is 0.0850. The monoisotopic (exact) mass is 263 g/mol. The number of ether oxygens (including phenoxy) is 1. The van der Waals surface area contributed by atoms with E-state index in [1.807, 2.05) is 44.2 Å². The molecule has 1 aromatic carbocycles. The van der Waals surface area contributed by atoms with Crippen LogP contribution in [-0.2, 0) is 20.9 Å². The number of hydrogen-bond acceptors (Lipinski definition) is 3. The Balaban J connectivity index is 2.77. The van der Waals surface area contributed by atoms with Gasteiger partial charge in [0.15, 0.2) is 0 Å². The summed E-state index contributed by atoms with van der Waals surface area (Å²) in [5, 5.41) is 0. The Bertz CT molecular complexity index is 428. The lowest BCUT2D eigenvalue weighted by atomic mass is 9.94. The number of carbonyl (C=O) groups is 2. The summed E-state index contributed by atoms with van der Waals surface area (Å²) >= 11 is 0. The molecular formula is C15H21NO3. The van der Waals surface area contributed by atoms with Gasteiger partial charge in [-0.25, -0.2) is 0 Å². The molecule has 0 bridgehead atoms. The summed E-state index contributed by atoms with van der Waals surface area (Å²) in [6.45, 7) is 4.17. The van der Waals surface area contributed by atoms with Crippen molar-refractivity contribution in [3.8, 4) is 0 Å². The van der Waals surface area contributed by atoms with Crippen LogP contribution in [0.5, 0.6) is 0 Å². The molecule has 104 valence electrons. The van der Waals surface area contributed by atoms with Crippen LogP contribution in [0, 0.1) is 11.8 Å². The Hall–Kier alpha value is -1.84. The fraction of sp³-hybridized carbons (Fsp3) is 0.467. The largest absolute Gasteiger partial charge is 0.468 e. The first-order valence-corrected chi connectivity index (χ1v) is 6.34. The van der Waals surface area contributed by atoms with E-state index in [2.05, 4.69) is 0 Å². The third-order valence-corrected chi connectivity index (χ3v) is 3.03. The number of carbonyl (C=O) groups excluding carboxylic acids is 2. The predicted octanol–water partition coefficient (Wildman–Crippen LogP) is 2.09. The molecule has 1 atom stereocenters. The van der Waals surface area contributed by atoms with Gasteiger partial charge in [-0.05, 0) is 11.5 Å². The quantitative estimate of drug-likeness (QED) is 0.603. The number of nitrogens with zero attached hydrogens (tertiary/aromatic N) is 1.